The number of oxazole rings is 1. The minimum absolute atomic E-state index is 0.00789. The van der Waals surface area contributed by atoms with Gasteiger partial charge in [0.05, 0.1) is 11.6 Å². The molecule has 6 rings (SSSR count). The number of primary amides is 1. The van der Waals surface area contributed by atoms with Crippen molar-refractivity contribution in [1.82, 2.24) is 9.88 Å². The molecule has 5 atom stereocenters. The van der Waals surface area contributed by atoms with Gasteiger partial charge in [0, 0.05) is 31.3 Å². The first kappa shape index (κ1) is 32.3. The molecule has 1 fully saturated rings. The van der Waals surface area contributed by atoms with Crippen LogP contribution in [0.2, 0.25) is 0 Å². The lowest BCUT2D eigenvalue weighted by Crippen LogP contribution is -2.65. The summed E-state index contributed by atoms with van der Waals surface area (Å²) in [5, 5.41) is 44.0. The maximum absolute atomic E-state index is 14.3. The average Bonchev–Trinajstić information content (AvgIpc) is 3.40. The van der Waals surface area contributed by atoms with Crippen LogP contribution in [0.3, 0.4) is 0 Å². The van der Waals surface area contributed by atoms with Crippen molar-refractivity contribution in [1.29, 1.82) is 0 Å². The summed E-state index contributed by atoms with van der Waals surface area (Å²) in [7, 11) is 6.72. The molecule has 14 heteroatoms. The highest BCUT2D eigenvalue weighted by atomic mass is 32.2. The minimum Gasteiger partial charge on any atom is -0.508 e. The maximum Gasteiger partial charge on any atom is 0.317 e. The van der Waals surface area contributed by atoms with Crippen molar-refractivity contribution in [2.75, 3.05) is 33.1 Å². The van der Waals surface area contributed by atoms with Crippen LogP contribution in [0, 0.1) is 11.8 Å². The molecule has 246 valence electrons. The number of hydrogen-bond acceptors (Lipinski definition) is 12. The third-order valence-electron chi connectivity index (χ3n) is 9.32. The number of carbonyl (C=O) groups excluding carboxylic acids is 3. The van der Waals surface area contributed by atoms with Crippen LogP contribution in [-0.2, 0) is 32.0 Å². The molecule has 3 aliphatic rings. The number of nitrogens with two attached hydrogens (primary N) is 1. The van der Waals surface area contributed by atoms with Crippen molar-refractivity contribution < 1.29 is 44.0 Å². The smallest absolute Gasteiger partial charge is 0.317 e. The number of carboxylic acid groups (broad SMARTS) is 1. The van der Waals surface area contributed by atoms with Crippen LogP contribution in [-0.4, -0.2) is 98.8 Å². The molecule has 1 heterocycles. The number of anilines is 1. The van der Waals surface area contributed by atoms with Gasteiger partial charge in [0.15, 0.2) is 17.0 Å². The van der Waals surface area contributed by atoms with Gasteiger partial charge in [0.1, 0.15) is 27.9 Å². The van der Waals surface area contributed by atoms with E-state index in [9.17, 15) is 39.6 Å². The average molecular weight is 663 g/mol. The summed E-state index contributed by atoms with van der Waals surface area (Å²) in [4.78, 5) is 59.9. The Hall–Kier alpha value is -4.66. The zero-order chi connectivity index (χ0) is 34.1. The third-order valence-corrected chi connectivity index (χ3v) is 10.4. The molecule has 13 nitrogen and oxygen atoms in total. The molecule has 6 N–H and O–H groups in total. The van der Waals surface area contributed by atoms with E-state index >= 15 is 0 Å². The van der Waals surface area contributed by atoms with E-state index in [1.165, 1.54) is 4.90 Å². The number of carbonyl (C=O) groups is 4. The van der Waals surface area contributed by atoms with Crippen molar-refractivity contribution in [3.63, 3.8) is 0 Å². The van der Waals surface area contributed by atoms with Crippen molar-refractivity contribution in [3.05, 3.63) is 70.0 Å². The van der Waals surface area contributed by atoms with Crippen molar-refractivity contribution >= 4 is 57.8 Å². The molecule has 0 radical (unpaired) electrons. The third kappa shape index (κ3) is 4.98. The molecule has 1 amide bonds. The molecular formula is C33H34N4O9S. The number of thioether (sulfide) groups is 1. The largest absolute Gasteiger partial charge is 0.508 e. The topological polar surface area (TPSA) is 208 Å². The van der Waals surface area contributed by atoms with Gasteiger partial charge in [-0.05, 0) is 56.5 Å². The summed E-state index contributed by atoms with van der Waals surface area (Å²) in [6.45, 7) is 0. The SMILES string of the molecule is CN(C)c1cc2nc(SC(Cc3ccccc3)C(=O)O)oc2c2c1C[C@H]1C[C@H]3[C@H](N(C)C)C(=O)C(C(N)=O)=C(O)[C@@]3(O)C(=O)C1=C2O. The number of hydrogen-bond donors (Lipinski definition) is 5. The lowest BCUT2D eigenvalue weighted by Gasteiger charge is -2.50. The number of benzene rings is 2. The molecule has 0 saturated heterocycles. The first-order valence-corrected chi connectivity index (χ1v) is 15.8. The monoisotopic (exact) mass is 662 g/mol. The van der Waals surface area contributed by atoms with Crippen LogP contribution >= 0.6 is 11.8 Å². The van der Waals surface area contributed by atoms with E-state index in [1.54, 1.807) is 34.3 Å². The first-order chi connectivity index (χ1) is 22.2. The molecule has 1 saturated carbocycles. The summed E-state index contributed by atoms with van der Waals surface area (Å²) in [6, 6.07) is 9.72. The quantitative estimate of drug-likeness (QED) is 0.173. The number of aliphatic hydroxyl groups excluding tert-OH is 2. The van der Waals surface area contributed by atoms with E-state index < -0.39 is 69.3 Å². The number of aliphatic carboxylic acids is 1. The van der Waals surface area contributed by atoms with Gasteiger partial charge in [-0.3, -0.25) is 24.1 Å². The van der Waals surface area contributed by atoms with Gasteiger partial charge in [0.25, 0.3) is 11.1 Å². The zero-order valence-electron chi connectivity index (χ0n) is 26.1. The van der Waals surface area contributed by atoms with Crippen molar-refractivity contribution in [3.8, 4) is 0 Å². The standard InChI is InChI=1S/C33H34N4O9S/c1-36(2)19-13-18-27(46-32(35-18)47-20(31(43)44)10-14-8-6-5-7-9-14)22-16(19)11-15-12-17-24(37(3)4)26(39)23(30(34)42)29(41)33(17,45)28(40)21(15)25(22)38/h5-9,13,15,17,20,24,38,41,45H,10-12H2,1-4H3,(H2,34,42)(H,43,44)/t15-,17-,20?,24-,33-/m0/s1. The first-order valence-electron chi connectivity index (χ1n) is 14.9. The second-order valence-electron chi connectivity index (χ2n) is 12.6. The predicted octanol–water partition coefficient (Wildman–Crippen LogP) is 2.25. The highest BCUT2D eigenvalue weighted by Gasteiger charge is 2.64. The molecule has 47 heavy (non-hydrogen) atoms. The molecule has 1 unspecified atom stereocenters. The number of carboxylic acids is 1. The van der Waals surface area contributed by atoms with Crippen molar-refractivity contribution in [2.45, 2.75) is 41.4 Å². The van der Waals surface area contributed by atoms with Crippen LogP contribution in [0.5, 0.6) is 0 Å². The Labute approximate surface area is 273 Å². The normalized spacial score (nSPS) is 24.7. The lowest BCUT2D eigenvalue weighted by molar-refractivity contribution is -0.153. The van der Waals surface area contributed by atoms with Crippen LogP contribution in [0.1, 0.15) is 23.1 Å². The zero-order valence-corrected chi connectivity index (χ0v) is 26.9. The maximum atomic E-state index is 14.3. The van der Waals surface area contributed by atoms with Crippen LogP contribution in [0.25, 0.3) is 16.9 Å². The fourth-order valence-electron chi connectivity index (χ4n) is 7.24. The number of amides is 1. The highest BCUT2D eigenvalue weighted by Crippen LogP contribution is 2.53. The fourth-order valence-corrected chi connectivity index (χ4v) is 8.14. The van der Waals surface area contributed by atoms with E-state index in [0.717, 1.165) is 17.3 Å². The molecule has 2 aromatic carbocycles. The number of nitrogens with zero attached hydrogens (tertiary/aromatic N) is 3. The van der Waals surface area contributed by atoms with Gasteiger partial charge in [-0.25, -0.2) is 4.98 Å². The number of aliphatic hydroxyl groups is 3. The summed E-state index contributed by atoms with van der Waals surface area (Å²) >= 11 is 0.912. The summed E-state index contributed by atoms with van der Waals surface area (Å²) in [6.07, 6.45) is 0.410. The summed E-state index contributed by atoms with van der Waals surface area (Å²) in [5.74, 6) is -7.66. The fraction of sp³-hybridized carbons (Fsp3) is 0.364. The highest BCUT2D eigenvalue weighted by molar-refractivity contribution is 8.00. The number of fused-ring (bicyclic) bond motifs is 5. The Morgan fingerprint density at radius 2 is 1.83 bits per heavy atom. The molecule has 0 aliphatic heterocycles. The Balaban J connectivity index is 1.50. The second-order valence-corrected chi connectivity index (χ2v) is 13.7. The van der Waals surface area contributed by atoms with Gasteiger partial charge in [-0.1, -0.05) is 42.1 Å². The number of rotatable bonds is 8. The van der Waals surface area contributed by atoms with Gasteiger partial charge >= 0.3 is 5.97 Å². The molecular weight excluding hydrogens is 628 g/mol. The van der Waals surface area contributed by atoms with Gasteiger partial charge in [-0.2, -0.15) is 0 Å². The van der Waals surface area contributed by atoms with Crippen LogP contribution < -0.4 is 10.6 Å². The Morgan fingerprint density at radius 3 is 2.43 bits per heavy atom. The Bertz CT molecular complexity index is 1920. The summed E-state index contributed by atoms with van der Waals surface area (Å²) in [5.41, 5.74) is 4.34. The molecule has 0 spiro atoms. The van der Waals surface area contributed by atoms with Crippen LogP contribution in [0.4, 0.5) is 5.69 Å². The number of aromatic nitrogens is 1. The van der Waals surface area contributed by atoms with Crippen molar-refractivity contribution in [2.24, 2.45) is 17.6 Å². The van der Waals surface area contributed by atoms with E-state index in [4.69, 9.17) is 10.2 Å². The van der Waals surface area contributed by atoms with E-state index in [2.05, 4.69) is 4.98 Å². The van der Waals surface area contributed by atoms with Gasteiger partial charge in [0.2, 0.25) is 5.78 Å². The molecule has 3 aliphatic carbocycles. The number of ketones is 2. The lowest BCUT2D eigenvalue weighted by atomic mass is 9.57. The molecule has 3 aromatic rings. The minimum atomic E-state index is -2.71. The molecule has 1 aromatic heterocycles. The van der Waals surface area contributed by atoms with Crippen LogP contribution in [0.15, 0.2) is 62.9 Å². The predicted molar refractivity (Wildman–Crippen MR) is 172 cm³/mol. The molecule has 0 bridgehead atoms. The second kappa shape index (κ2) is 11.5. The number of likely N-dealkylation sites (N-methyl/N-ethyl adjacent to an activating group) is 1. The summed E-state index contributed by atoms with van der Waals surface area (Å²) < 4.78 is 6.10. The number of Topliss-reactive ketones (excluding diaryl/α,β-unsaturated/α-hetero) is 2. The van der Waals surface area contributed by atoms with E-state index in [-0.39, 0.29) is 41.2 Å². The Morgan fingerprint density at radius 1 is 1.15 bits per heavy atom. The van der Waals surface area contributed by atoms with E-state index in [1.807, 2.05) is 35.2 Å². The van der Waals surface area contributed by atoms with Gasteiger partial charge in [-0.15, -0.1) is 0 Å². The van der Waals surface area contributed by atoms with E-state index in [0.29, 0.717) is 16.8 Å². The van der Waals surface area contributed by atoms with Gasteiger partial charge < -0.3 is 35.5 Å². The Kier molecular flexibility index (Phi) is 7.93.